The smallest absolute Gasteiger partial charge is 0.0752 e. The fraction of sp³-hybridized carbons (Fsp3) is 0. The van der Waals surface area contributed by atoms with E-state index in [0.29, 0.717) is 0 Å². The summed E-state index contributed by atoms with van der Waals surface area (Å²) in [7, 11) is 0. The summed E-state index contributed by atoms with van der Waals surface area (Å²) < 4.78 is 2.95. The molecular weight excluding hydrogens is 300 g/mol. The van der Waals surface area contributed by atoms with Crippen molar-refractivity contribution in [3.63, 3.8) is 0 Å². The Labute approximate surface area is 112 Å². The summed E-state index contributed by atoms with van der Waals surface area (Å²) in [5.74, 6) is 0. The van der Waals surface area contributed by atoms with E-state index in [1.54, 1.807) is 0 Å². The Morgan fingerprint density at radius 2 is 1.82 bits per heavy atom. The summed E-state index contributed by atoms with van der Waals surface area (Å²) in [6, 6.07) is 13.7. The molecule has 4 heteroatoms. The first-order chi connectivity index (χ1) is 8.25. The number of rotatable bonds is 1. The van der Waals surface area contributed by atoms with Gasteiger partial charge in [0.25, 0.3) is 0 Å². The summed E-state index contributed by atoms with van der Waals surface area (Å²) in [6.07, 6.45) is 1.86. The molecule has 0 aliphatic rings. The maximum atomic E-state index is 5.88. The molecule has 2 aromatic carbocycles. The van der Waals surface area contributed by atoms with Gasteiger partial charge in [0.2, 0.25) is 0 Å². The second-order valence-corrected chi connectivity index (χ2v) is 5.00. The topological polar surface area (TPSA) is 17.8 Å². The zero-order chi connectivity index (χ0) is 11.8. The molecule has 1 heterocycles. The third-order valence-electron chi connectivity index (χ3n) is 2.63. The average molecular weight is 308 g/mol. The highest BCUT2D eigenvalue weighted by Crippen LogP contribution is 2.25. The maximum Gasteiger partial charge on any atom is 0.0752 e. The predicted octanol–water partition coefficient (Wildman–Crippen LogP) is 4.44. The van der Waals surface area contributed by atoms with E-state index in [4.69, 9.17) is 11.6 Å². The minimum absolute atomic E-state index is 0.728. The van der Waals surface area contributed by atoms with Crippen LogP contribution >= 0.6 is 27.5 Å². The van der Waals surface area contributed by atoms with E-state index in [0.717, 1.165) is 26.1 Å². The Kier molecular flexibility index (Phi) is 2.65. The van der Waals surface area contributed by atoms with Gasteiger partial charge in [-0.15, -0.1) is 0 Å². The molecule has 3 aromatic rings. The SMILES string of the molecule is Clc1ccc(-n2ncc3c(Br)cccc32)cc1. The monoisotopic (exact) mass is 306 g/mol. The molecule has 0 radical (unpaired) electrons. The van der Waals surface area contributed by atoms with Gasteiger partial charge in [0.1, 0.15) is 0 Å². The van der Waals surface area contributed by atoms with E-state index in [1.807, 2.05) is 53.3 Å². The molecular formula is C13H8BrClN2. The number of benzene rings is 2. The molecule has 0 saturated heterocycles. The highest BCUT2D eigenvalue weighted by Gasteiger charge is 2.06. The maximum absolute atomic E-state index is 5.88. The van der Waals surface area contributed by atoms with Gasteiger partial charge in [-0.05, 0) is 36.4 Å². The number of hydrogen-bond acceptors (Lipinski definition) is 1. The van der Waals surface area contributed by atoms with E-state index in [9.17, 15) is 0 Å². The molecule has 17 heavy (non-hydrogen) atoms. The fourth-order valence-electron chi connectivity index (χ4n) is 1.80. The van der Waals surface area contributed by atoms with Crippen molar-refractivity contribution in [3.8, 4) is 5.69 Å². The van der Waals surface area contributed by atoms with Crippen LogP contribution < -0.4 is 0 Å². The van der Waals surface area contributed by atoms with Gasteiger partial charge in [-0.25, -0.2) is 4.68 Å². The molecule has 0 aliphatic heterocycles. The molecule has 0 spiro atoms. The molecule has 0 aliphatic carbocycles. The van der Waals surface area contributed by atoms with Gasteiger partial charge >= 0.3 is 0 Å². The van der Waals surface area contributed by atoms with Crippen molar-refractivity contribution < 1.29 is 0 Å². The Balaban J connectivity index is 2.24. The van der Waals surface area contributed by atoms with Crippen molar-refractivity contribution in [2.24, 2.45) is 0 Å². The van der Waals surface area contributed by atoms with E-state index in [-0.39, 0.29) is 0 Å². The second-order valence-electron chi connectivity index (χ2n) is 3.71. The summed E-state index contributed by atoms with van der Waals surface area (Å²) in [4.78, 5) is 0. The molecule has 0 N–H and O–H groups in total. The lowest BCUT2D eigenvalue weighted by Crippen LogP contribution is -1.94. The van der Waals surface area contributed by atoms with Crippen LogP contribution in [0.15, 0.2) is 53.1 Å². The van der Waals surface area contributed by atoms with Gasteiger partial charge in [-0.2, -0.15) is 5.10 Å². The molecule has 3 rings (SSSR count). The van der Waals surface area contributed by atoms with Crippen LogP contribution in [0.25, 0.3) is 16.6 Å². The van der Waals surface area contributed by atoms with Crippen LogP contribution in [-0.4, -0.2) is 9.78 Å². The molecule has 0 amide bonds. The Morgan fingerprint density at radius 1 is 1.06 bits per heavy atom. The largest absolute Gasteiger partial charge is 0.233 e. The number of halogens is 2. The highest BCUT2D eigenvalue weighted by molar-refractivity contribution is 9.10. The Hall–Kier alpha value is -1.32. The van der Waals surface area contributed by atoms with Crippen molar-refractivity contribution in [2.45, 2.75) is 0 Å². The van der Waals surface area contributed by atoms with Crippen molar-refractivity contribution in [3.05, 3.63) is 58.2 Å². The standard InChI is InChI=1S/C13H8BrClN2/c14-12-2-1-3-13-11(12)8-16-17(13)10-6-4-9(15)5-7-10/h1-8H. The van der Waals surface area contributed by atoms with E-state index in [2.05, 4.69) is 21.0 Å². The van der Waals surface area contributed by atoms with Crippen LogP contribution in [-0.2, 0) is 0 Å². The van der Waals surface area contributed by atoms with Crippen LogP contribution in [0.3, 0.4) is 0 Å². The Morgan fingerprint density at radius 3 is 2.59 bits per heavy atom. The van der Waals surface area contributed by atoms with E-state index >= 15 is 0 Å². The van der Waals surface area contributed by atoms with Gasteiger partial charge in [-0.3, -0.25) is 0 Å². The highest BCUT2D eigenvalue weighted by atomic mass is 79.9. The van der Waals surface area contributed by atoms with Crippen LogP contribution in [0.4, 0.5) is 0 Å². The number of hydrogen-bond donors (Lipinski definition) is 0. The van der Waals surface area contributed by atoms with Gasteiger partial charge in [0.05, 0.1) is 17.4 Å². The molecule has 0 fully saturated rings. The lowest BCUT2D eigenvalue weighted by atomic mass is 10.2. The number of aromatic nitrogens is 2. The fourth-order valence-corrected chi connectivity index (χ4v) is 2.39. The minimum Gasteiger partial charge on any atom is -0.233 e. The van der Waals surface area contributed by atoms with Crippen molar-refractivity contribution in [2.75, 3.05) is 0 Å². The molecule has 0 bridgehead atoms. The quantitative estimate of drug-likeness (QED) is 0.650. The Bertz CT molecular complexity index is 673. The molecule has 2 nitrogen and oxygen atoms in total. The van der Waals surface area contributed by atoms with Crippen LogP contribution in [0.5, 0.6) is 0 Å². The molecule has 84 valence electrons. The summed E-state index contributed by atoms with van der Waals surface area (Å²) in [5.41, 5.74) is 2.07. The van der Waals surface area contributed by atoms with Crippen LogP contribution in [0.1, 0.15) is 0 Å². The first kappa shape index (κ1) is 10.8. The number of fused-ring (bicyclic) bond motifs is 1. The first-order valence-electron chi connectivity index (χ1n) is 5.14. The van der Waals surface area contributed by atoms with Crippen molar-refractivity contribution >= 4 is 38.4 Å². The zero-order valence-corrected chi connectivity index (χ0v) is 11.1. The molecule has 0 unspecified atom stereocenters. The molecule has 1 aromatic heterocycles. The van der Waals surface area contributed by atoms with Crippen LogP contribution in [0, 0.1) is 0 Å². The lowest BCUT2D eigenvalue weighted by Gasteiger charge is -2.03. The lowest BCUT2D eigenvalue weighted by molar-refractivity contribution is 0.911. The van der Waals surface area contributed by atoms with Crippen molar-refractivity contribution in [1.29, 1.82) is 0 Å². The van der Waals surface area contributed by atoms with Gasteiger partial charge in [0.15, 0.2) is 0 Å². The molecule has 0 atom stereocenters. The van der Waals surface area contributed by atoms with E-state index < -0.39 is 0 Å². The van der Waals surface area contributed by atoms with Gasteiger partial charge < -0.3 is 0 Å². The van der Waals surface area contributed by atoms with E-state index in [1.165, 1.54) is 0 Å². The summed E-state index contributed by atoms with van der Waals surface area (Å²) in [6.45, 7) is 0. The summed E-state index contributed by atoms with van der Waals surface area (Å²) in [5, 5.41) is 6.23. The average Bonchev–Trinajstić information content (AvgIpc) is 2.75. The first-order valence-corrected chi connectivity index (χ1v) is 6.31. The minimum atomic E-state index is 0.728. The summed E-state index contributed by atoms with van der Waals surface area (Å²) >= 11 is 9.40. The van der Waals surface area contributed by atoms with Crippen LogP contribution in [0.2, 0.25) is 5.02 Å². The molecule has 0 saturated carbocycles. The second kappa shape index (κ2) is 4.17. The van der Waals surface area contributed by atoms with Gasteiger partial charge in [-0.1, -0.05) is 33.6 Å². The zero-order valence-electron chi connectivity index (χ0n) is 8.77. The van der Waals surface area contributed by atoms with Crippen molar-refractivity contribution in [1.82, 2.24) is 9.78 Å². The third kappa shape index (κ3) is 1.85. The predicted molar refractivity (Wildman–Crippen MR) is 73.8 cm³/mol. The number of nitrogens with zero attached hydrogens (tertiary/aromatic N) is 2. The normalized spacial score (nSPS) is 10.9. The third-order valence-corrected chi connectivity index (χ3v) is 3.58. The van der Waals surface area contributed by atoms with Gasteiger partial charge in [0, 0.05) is 14.9 Å².